The largest absolute Gasteiger partial charge is 0.485 e. The topological polar surface area (TPSA) is 57.7 Å². The Morgan fingerprint density at radius 2 is 1.95 bits per heavy atom. The number of H-pyrrole nitrogens is 1. The number of para-hydroxylation sites is 1. The van der Waals surface area contributed by atoms with Gasteiger partial charge in [-0.25, -0.2) is 0 Å². The summed E-state index contributed by atoms with van der Waals surface area (Å²) in [6.45, 7) is 6.17. The first-order valence-corrected chi connectivity index (χ1v) is 13.3. The fourth-order valence-electron chi connectivity index (χ4n) is 7.95. The Morgan fingerprint density at radius 3 is 2.81 bits per heavy atom. The lowest BCUT2D eigenvalue weighted by Gasteiger charge is -2.62. The van der Waals surface area contributed by atoms with Crippen LogP contribution in [-0.4, -0.2) is 39.7 Å². The summed E-state index contributed by atoms with van der Waals surface area (Å²) < 4.78 is 13.3. The second-order valence-electron chi connectivity index (χ2n) is 11.1. The van der Waals surface area contributed by atoms with Crippen molar-refractivity contribution in [3.63, 3.8) is 0 Å². The van der Waals surface area contributed by atoms with E-state index in [0.717, 1.165) is 54.2 Å². The number of benzene rings is 3. The third-order valence-electron chi connectivity index (χ3n) is 9.46. The van der Waals surface area contributed by atoms with Crippen molar-refractivity contribution in [2.75, 3.05) is 13.1 Å². The molecule has 37 heavy (non-hydrogen) atoms. The fourth-order valence-corrected chi connectivity index (χ4v) is 7.95. The molecule has 1 fully saturated rings. The van der Waals surface area contributed by atoms with E-state index in [1.807, 2.05) is 24.3 Å². The minimum absolute atomic E-state index is 0.00157. The summed E-state index contributed by atoms with van der Waals surface area (Å²) in [5.74, 6) is 1.58. The number of nitrogens with one attached hydrogen (secondary N) is 1. The van der Waals surface area contributed by atoms with E-state index in [9.17, 15) is 5.11 Å². The predicted octanol–water partition coefficient (Wildman–Crippen LogP) is 5.22. The van der Waals surface area contributed by atoms with Crippen molar-refractivity contribution in [1.29, 1.82) is 0 Å². The van der Waals surface area contributed by atoms with Gasteiger partial charge in [0.05, 0.1) is 16.7 Å². The molecule has 2 N–H and O–H groups in total. The lowest BCUT2D eigenvalue weighted by atomic mass is 9.49. The number of hydrogen-bond donors (Lipinski definition) is 2. The van der Waals surface area contributed by atoms with Crippen LogP contribution in [0.1, 0.15) is 40.5 Å². The molecule has 0 radical (unpaired) electrons. The SMILES string of the molecule is C=CCN1CC[C@]23c4c5ccc(OCc6ccccc6)c4O[C@H]2c2[nH]c4ccccc4c2C[C@@]3(O)[C@H]1C5. The molecular formula is C32H30N2O3. The van der Waals surface area contributed by atoms with E-state index in [1.54, 1.807) is 0 Å². The molecular weight excluding hydrogens is 460 g/mol. The highest BCUT2D eigenvalue weighted by Crippen LogP contribution is 2.69. The second-order valence-corrected chi connectivity index (χ2v) is 11.1. The highest BCUT2D eigenvalue weighted by Gasteiger charge is 2.72. The van der Waals surface area contributed by atoms with Crippen molar-refractivity contribution < 1.29 is 14.6 Å². The number of nitrogens with zero attached hydrogens (tertiary/aromatic N) is 1. The molecule has 4 atom stereocenters. The zero-order valence-electron chi connectivity index (χ0n) is 20.7. The average Bonchev–Trinajstić information content (AvgIpc) is 3.45. The molecule has 4 aliphatic rings. The highest BCUT2D eigenvalue weighted by molar-refractivity contribution is 5.86. The Labute approximate surface area is 216 Å². The molecule has 8 rings (SSSR count). The third kappa shape index (κ3) is 2.66. The molecule has 1 spiro atoms. The monoisotopic (exact) mass is 490 g/mol. The maximum absolute atomic E-state index is 12.9. The van der Waals surface area contributed by atoms with Crippen LogP contribution in [0.25, 0.3) is 10.9 Å². The molecule has 1 saturated heterocycles. The van der Waals surface area contributed by atoms with Crippen molar-refractivity contribution >= 4 is 10.9 Å². The molecule has 4 aromatic rings. The molecule has 3 aromatic carbocycles. The Kier molecular flexibility index (Phi) is 4.36. The zero-order chi connectivity index (χ0) is 24.8. The smallest absolute Gasteiger partial charge is 0.166 e. The van der Waals surface area contributed by atoms with Crippen molar-refractivity contribution in [1.82, 2.24) is 9.88 Å². The Bertz CT molecular complexity index is 1560. The highest BCUT2D eigenvalue weighted by atomic mass is 16.5. The van der Waals surface area contributed by atoms with E-state index in [1.165, 1.54) is 22.1 Å². The van der Waals surface area contributed by atoms with Gasteiger partial charge in [-0.1, -0.05) is 60.7 Å². The second kappa shape index (κ2) is 7.50. The maximum Gasteiger partial charge on any atom is 0.166 e. The Balaban J connectivity index is 1.33. The van der Waals surface area contributed by atoms with Crippen LogP contribution < -0.4 is 9.47 Å². The standard InChI is InChI=1S/C32H30N2O3/c1-2-15-34-16-14-31-27-21-12-13-25(36-19-20-8-4-3-5-9-20)29(27)37-30(31)28-23(18-32(31,35)26(34)17-21)22-10-6-7-11-24(22)33-28/h2-13,26,30,33,35H,1,14-19H2/t26-,30+,31+,32-/m1/s1. The molecule has 1 aromatic heterocycles. The van der Waals surface area contributed by atoms with Gasteiger partial charge in [0.15, 0.2) is 17.6 Å². The summed E-state index contributed by atoms with van der Waals surface area (Å²) in [7, 11) is 0. The van der Waals surface area contributed by atoms with Crippen LogP contribution in [0.2, 0.25) is 0 Å². The molecule has 2 aliphatic heterocycles. The van der Waals surface area contributed by atoms with E-state index in [2.05, 4.69) is 65.0 Å². The quantitative estimate of drug-likeness (QED) is 0.377. The van der Waals surface area contributed by atoms with Crippen LogP contribution in [0.15, 0.2) is 79.4 Å². The van der Waals surface area contributed by atoms with E-state index in [0.29, 0.717) is 13.0 Å². The van der Waals surface area contributed by atoms with Crippen LogP contribution in [0, 0.1) is 0 Å². The molecule has 2 bridgehead atoms. The van der Waals surface area contributed by atoms with Crippen LogP contribution in [-0.2, 0) is 24.9 Å². The molecule has 0 saturated carbocycles. The zero-order valence-corrected chi connectivity index (χ0v) is 20.7. The summed E-state index contributed by atoms with van der Waals surface area (Å²) in [4.78, 5) is 6.14. The van der Waals surface area contributed by atoms with Gasteiger partial charge in [-0.15, -0.1) is 6.58 Å². The van der Waals surface area contributed by atoms with E-state index < -0.39 is 11.0 Å². The van der Waals surface area contributed by atoms with Gasteiger partial charge in [-0.2, -0.15) is 0 Å². The molecule has 0 unspecified atom stereocenters. The van der Waals surface area contributed by atoms with Crippen molar-refractivity contribution in [2.24, 2.45) is 0 Å². The van der Waals surface area contributed by atoms with Gasteiger partial charge >= 0.3 is 0 Å². The van der Waals surface area contributed by atoms with Crippen molar-refractivity contribution in [3.8, 4) is 11.5 Å². The van der Waals surface area contributed by atoms with Gasteiger partial charge in [0.25, 0.3) is 0 Å². The van der Waals surface area contributed by atoms with Gasteiger partial charge < -0.3 is 19.6 Å². The third-order valence-corrected chi connectivity index (χ3v) is 9.46. The predicted molar refractivity (Wildman–Crippen MR) is 143 cm³/mol. The Morgan fingerprint density at radius 1 is 1.11 bits per heavy atom. The molecule has 2 aliphatic carbocycles. The van der Waals surface area contributed by atoms with Crippen LogP contribution in [0.5, 0.6) is 11.5 Å². The molecule has 5 nitrogen and oxygen atoms in total. The van der Waals surface area contributed by atoms with Crippen molar-refractivity contribution in [3.05, 3.63) is 107 Å². The van der Waals surface area contributed by atoms with Gasteiger partial charge in [0.1, 0.15) is 6.61 Å². The summed E-state index contributed by atoms with van der Waals surface area (Å²) in [6.07, 6.45) is 3.91. The van der Waals surface area contributed by atoms with Gasteiger partial charge in [0.2, 0.25) is 0 Å². The van der Waals surface area contributed by atoms with Gasteiger partial charge in [-0.3, -0.25) is 4.90 Å². The Hall–Kier alpha value is -3.54. The number of ether oxygens (including phenoxy) is 2. The summed E-state index contributed by atoms with van der Waals surface area (Å²) in [5, 5.41) is 14.1. The van der Waals surface area contributed by atoms with Crippen LogP contribution >= 0.6 is 0 Å². The van der Waals surface area contributed by atoms with Crippen LogP contribution in [0.4, 0.5) is 0 Å². The summed E-state index contributed by atoms with van der Waals surface area (Å²) in [6, 6.07) is 22.9. The lowest BCUT2D eigenvalue weighted by Crippen LogP contribution is -2.74. The molecule has 5 heteroatoms. The number of aromatic nitrogens is 1. The fraction of sp³-hybridized carbons (Fsp3) is 0.312. The van der Waals surface area contributed by atoms with E-state index in [4.69, 9.17) is 9.47 Å². The first-order valence-electron chi connectivity index (χ1n) is 13.3. The van der Waals surface area contributed by atoms with E-state index >= 15 is 0 Å². The van der Waals surface area contributed by atoms with Crippen molar-refractivity contribution in [2.45, 2.75) is 49.0 Å². The summed E-state index contributed by atoms with van der Waals surface area (Å²) in [5.41, 5.74) is 5.49. The minimum Gasteiger partial charge on any atom is -0.485 e. The number of aliphatic hydroxyl groups is 1. The van der Waals surface area contributed by atoms with Gasteiger partial charge in [0, 0.05) is 42.0 Å². The molecule has 186 valence electrons. The molecule has 3 heterocycles. The average molecular weight is 491 g/mol. The lowest BCUT2D eigenvalue weighted by molar-refractivity contribution is -0.170. The first kappa shape index (κ1) is 21.5. The minimum atomic E-state index is -0.951. The van der Waals surface area contributed by atoms with Gasteiger partial charge in [-0.05, 0) is 41.7 Å². The van der Waals surface area contributed by atoms with Crippen LogP contribution in [0.3, 0.4) is 0 Å². The van der Waals surface area contributed by atoms with E-state index in [-0.39, 0.29) is 12.1 Å². The number of aromatic amines is 1. The number of hydrogen-bond acceptors (Lipinski definition) is 4. The summed E-state index contributed by atoms with van der Waals surface area (Å²) >= 11 is 0. The maximum atomic E-state index is 12.9. The number of rotatable bonds is 5. The number of fused-ring (bicyclic) bond motifs is 4. The number of piperidine rings is 1. The first-order chi connectivity index (χ1) is 18.1. The normalized spacial score (nSPS) is 28.9. The number of likely N-dealkylation sites (tertiary alicyclic amines) is 1. The molecule has 0 amide bonds.